The van der Waals surface area contributed by atoms with Crippen LogP contribution >= 0.6 is 0 Å². The molecule has 5 nitrogen and oxygen atoms in total. The number of rotatable bonds is 9. The first kappa shape index (κ1) is 24.9. The second-order valence-corrected chi connectivity index (χ2v) is 9.39. The van der Waals surface area contributed by atoms with E-state index in [2.05, 4.69) is 46.8 Å². The minimum absolute atomic E-state index is 0. The third-order valence-corrected chi connectivity index (χ3v) is 4.25. The Labute approximate surface area is 174 Å². The first-order chi connectivity index (χ1) is 10.9. The van der Waals surface area contributed by atoms with Crippen LogP contribution in [0.4, 0.5) is 0 Å². The molecule has 7 heteroatoms. The summed E-state index contributed by atoms with van der Waals surface area (Å²) in [5.41, 5.74) is 1.61. The van der Waals surface area contributed by atoms with Gasteiger partial charge in [0, 0.05) is 0 Å². The molecule has 0 saturated carbocycles. The van der Waals surface area contributed by atoms with E-state index in [-0.39, 0.29) is 53.6 Å². The zero-order chi connectivity index (χ0) is 18.4. The van der Waals surface area contributed by atoms with Crippen molar-refractivity contribution in [3.63, 3.8) is 0 Å². The molecule has 1 aromatic rings. The summed E-state index contributed by atoms with van der Waals surface area (Å²) in [6.07, 6.45) is 1.08. The first-order valence-corrected chi connectivity index (χ1v) is 9.71. The Morgan fingerprint density at radius 2 is 1.52 bits per heavy atom. The molecule has 0 N–H and O–H groups in total. The van der Waals surface area contributed by atoms with Crippen LogP contribution in [0.5, 0.6) is 5.75 Å². The average Bonchev–Trinajstić information content (AvgIpc) is 2.39. The van der Waals surface area contributed by atoms with Gasteiger partial charge in [-0.2, -0.15) is 0 Å². The SMILES string of the molecule is CC(C)(C)CC(C)(C)c1ccc(OCCOCCS(=O)(=O)[O-])cc1.[Na+]. The molecule has 0 aliphatic rings. The summed E-state index contributed by atoms with van der Waals surface area (Å²) in [7, 11) is -4.21. The molecule has 0 aromatic heterocycles. The summed E-state index contributed by atoms with van der Waals surface area (Å²) in [4.78, 5) is 0. The fourth-order valence-electron chi connectivity index (χ4n) is 2.91. The predicted octanol–water partition coefficient (Wildman–Crippen LogP) is 0.345. The molecule has 0 aliphatic heterocycles. The van der Waals surface area contributed by atoms with Crippen molar-refractivity contribution in [2.45, 2.75) is 46.5 Å². The van der Waals surface area contributed by atoms with Gasteiger partial charge in [-0.05, 0) is 34.9 Å². The average molecular weight is 380 g/mol. The maximum atomic E-state index is 10.4. The Kier molecular flexibility index (Phi) is 10.2. The molecule has 0 aliphatic carbocycles. The third-order valence-electron chi connectivity index (χ3n) is 3.58. The van der Waals surface area contributed by atoms with Crippen molar-refractivity contribution in [3.05, 3.63) is 29.8 Å². The fraction of sp³-hybridized carbons (Fsp3) is 0.667. The summed E-state index contributed by atoms with van der Waals surface area (Å²) >= 11 is 0. The molecule has 0 fully saturated rings. The van der Waals surface area contributed by atoms with Gasteiger partial charge in [0.25, 0.3) is 0 Å². The minimum Gasteiger partial charge on any atom is -0.748 e. The van der Waals surface area contributed by atoms with Crippen LogP contribution in [0.25, 0.3) is 0 Å². The molecule has 0 bridgehead atoms. The maximum absolute atomic E-state index is 10.4. The van der Waals surface area contributed by atoms with Gasteiger partial charge in [0.05, 0.1) is 29.1 Å². The van der Waals surface area contributed by atoms with Crippen molar-refractivity contribution in [2.75, 3.05) is 25.6 Å². The van der Waals surface area contributed by atoms with Gasteiger partial charge < -0.3 is 14.0 Å². The van der Waals surface area contributed by atoms with E-state index < -0.39 is 15.9 Å². The maximum Gasteiger partial charge on any atom is 1.00 e. The van der Waals surface area contributed by atoms with Crippen molar-refractivity contribution in [1.82, 2.24) is 0 Å². The van der Waals surface area contributed by atoms with Crippen molar-refractivity contribution in [2.24, 2.45) is 5.41 Å². The Morgan fingerprint density at radius 3 is 2.00 bits per heavy atom. The zero-order valence-electron chi connectivity index (χ0n) is 16.3. The van der Waals surface area contributed by atoms with Crippen LogP contribution in [0.1, 0.15) is 46.6 Å². The number of benzene rings is 1. The largest absolute Gasteiger partial charge is 1.00 e. The number of hydrogen-bond donors (Lipinski definition) is 0. The number of ether oxygens (including phenoxy) is 2. The van der Waals surface area contributed by atoms with Crippen LogP contribution < -0.4 is 34.3 Å². The molecule has 1 rings (SSSR count). The molecule has 0 amide bonds. The standard InChI is InChI=1S/C18H30O5S.Na/c1-17(2,3)14-18(4,5)15-6-8-16(9-7-15)23-11-10-22-12-13-24(19,20)21;/h6-9H,10-14H2,1-5H3,(H,19,20,21);/q;+1/p-1. The van der Waals surface area contributed by atoms with Gasteiger partial charge in [0.2, 0.25) is 0 Å². The molecule has 25 heavy (non-hydrogen) atoms. The zero-order valence-corrected chi connectivity index (χ0v) is 19.1. The van der Waals surface area contributed by atoms with E-state index in [1.807, 2.05) is 12.1 Å². The van der Waals surface area contributed by atoms with Crippen LogP contribution in [0.3, 0.4) is 0 Å². The Balaban J connectivity index is 0.00000576. The Bertz CT molecular complexity index is 603. The van der Waals surface area contributed by atoms with Crippen molar-refractivity contribution >= 4 is 10.1 Å². The van der Waals surface area contributed by atoms with Gasteiger partial charge in [0.15, 0.2) is 0 Å². The van der Waals surface area contributed by atoms with Crippen LogP contribution in [0, 0.1) is 5.41 Å². The molecular weight excluding hydrogens is 351 g/mol. The van der Waals surface area contributed by atoms with Gasteiger partial charge in [0.1, 0.15) is 12.4 Å². The van der Waals surface area contributed by atoms with Gasteiger partial charge in [-0.25, -0.2) is 8.42 Å². The van der Waals surface area contributed by atoms with E-state index in [0.717, 1.165) is 12.2 Å². The Morgan fingerprint density at radius 1 is 0.960 bits per heavy atom. The third kappa shape index (κ3) is 11.3. The first-order valence-electron chi connectivity index (χ1n) is 8.14. The second kappa shape index (κ2) is 10.3. The normalized spacial score (nSPS) is 12.6. The molecule has 1 aromatic carbocycles. The molecular formula is C18H29NaO5S. The van der Waals surface area contributed by atoms with Crippen LogP contribution in [-0.2, 0) is 20.3 Å². The molecule has 138 valence electrons. The fourth-order valence-corrected chi connectivity index (χ4v) is 3.23. The van der Waals surface area contributed by atoms with Crippen LogP contribution in [0.15, 0.2) is 24.3 Å². The van der Waals surface area contributed by atoms with Gasteiger partial charge in [-0.1, -0.05) is 46.8 Å². The minimum atomic E-state index is -4.21. The summed E-state index contributed by atoms with van der Waals surface area (Å²) in [6, 6.07) is 8.02. The van der Waals surface area contributed by atoms with E-state index in [1.165, 1.54) is 5.56 Å². The van der Waals surface area contributed by atoms with Crippen molar-refractivity contribution in [1.29, 1.82) is 0 Å². The van der Waals surface area contributed by atoms with E-state index in [0.29, 0.717) is 6.61 Å². The molecule has 0 spiro atoms. The molecule has 0 unspecified atom stereocenters. The van der Waals surface area contributed by atoms with E-state index in [9.17, 15) is 13.0 Å². The van der Waals surface area contributed by atoms with Crippen molar-refractivity contribution in [3.8, 4) is 5.75 Å². The summed E-state index contributed by atoms with van der Waals surface area (Å²) < 4.78 is 41.9. The topological polar surface area (TPSA) is 75.7 Å². The van der Waals surface area contributed by atoms with E-state index in [4.69, 9.17) is 9.47 Å². The number of hydrogen-bond acceptors (Lipinski definition) is 5. The molecule has 0 saturated heterocycles. The van der Waals surface area contributed by atoms with Crippen LogP contribution in [-0.4, -0.2) is 38.5 Å². The van der Waals surface area contributed by atoms with E-state index >= 15 is 0 Å². The molecule has 0 heterocycles. The summed E-state index contributed by atoms with van der Waals surface area (Å²) in [5, 5.41) is 0. The van der Waals surface area contributed by atoms with Crippen LogP contribution in [0.2, 0.25) is 0 Å². The van der Waals surface area contributed by atoms with Gasteiger partial charge in [-0.15, -0.1) is 0 Å². The quantitative estimate of drug-likeness (QED) is 0.351. The summed E-state index contributed by atoms with van der Waals surface area (Å²) in [5.74, 6) is 0.232. The molecule has 0 radical (unpaired) electrons. The summed E-state index contributed by atoms with van der Waals surface area (Å²) in [6.45, 7) is 11.7. The van der Waals surface area contributed by atoms with Gasteiger partial charge >= 0.3 is 29.6 Å². The predicted molar refractivity (Wildman–Crippen MR) is 94.4 cm³/mol. The van der Waals surface area contributed by atoms with Crippen molar-refractivity contribution < 1.29 is 52.0 Å². The monoisotopic (exact) mass is 380 g/mol. The second-order valence-electron chi connectivity index (χ2n) is 7.87. The molecule has 0 atom stereocenters. The Hall–Kier alpha value is -0.110. The van der Waals surface area contributed by atoms with E-state index in [1.54, 1.807) is 0 Å². The smallest absolute Gasteiger partial charge is 0.748 e. The van der Waals surface area contributed by atoms with Gasteiger partial charge in [-0.3, -0.25) is 0 Å².